The Morgan fingerprint density at radius 1 is 1.05 bits per heavy atom. The van der Waals surface area contributed by atoms with E-state index in [9.17, 15) is 9.18 Å². The fourth-order valence-electron chi connectivity index (χ4n) is 2.92. The monoisotopic (exact) mass is 283 g/mol. The van der Waals surface area contributed by atoms with E-state index < -0.39 is 0 Å². The molecule has 0 N–H and O–H groups in total. The Balaban J connectivity index is 1.76. The summed E-state index contributed by atoms with van der Waals surface area (Å²) in [6.07, 6.45) is 2.68. The van der Waals surface area contributed by atoms with Crippen LogP contribution in [0, 0.1) is 11.7 Å². The number of piperidine rings is 1. The maximum atomic E-state index is 13.0. The third kappa shape index (κ3) is 3.13. The van der Waals surface area contributed by atoms with Crippen molar-refractivity contribution < 1.29 is 9.18 Å². The SMILES string of the molecule is O=C1[C@@H](Cc2ccccc2)CCCN1c1ccc(F)cc1. The van der Waals surface area contributed by atoms with Gasteiger partial charge in [0.1, 0.15) is 5.82 Å². The zero-order valence-electron chi connectivity index (χ0n) is 11.8. The van der Waals surface area contributed by atoms with E-state index >= 15 is 0 Å². The average Bonchev–Trinajstić information content (AvgIpc) is 2.52. The van der Waals surface area contributed by atoms with Crippen LogP contribution in [0.25, 0.3) is 0 Å². The van der Waals surface area contributed by atoms with Crippen molar-refractivity contribution in [3.8, 4) is 0 Å². The molecule has 0 bridgehead atoms. The zero-order valence-corrected chi connectivity index (χ0v) is 11.8. The number of halogens is 1. The summed E-state index contributed by atoms with van der Waals surface area (Å²) in [6, 6.07) is 16.3. The molecule has 3 heteroatoms. The largest absolute Gasteiger partial charge is 0.312 e. The van der Waals surface area contributed by atoms with Crippen LogP contribution in [0.2, 0.25) is 0 Å². The van der Waals surface area contributed by atoms with E-state index in [0.29, 0.717) is 0 Å². The van der Waals surface area contributed by atoms with E-state index in [2.05, 4.69) is 12.1 Å². The lowest BCUT2D eigenvalue weighted by atomic mass is 9.90. The molecule has 2 aromatic rings. The average molecular weight is 283 g/mol. The van der Waals surface area contributed by atoms with Gasteiger partial charge in [0, 0.05) is 18.2 Å². The van der Waals surface area contributed by atoms with E-state index in [4.69, 9.17) is 0 Å². The summed E-state index contributed by atoms with van der Waals surface area (Å²) >= 11 is 0. The predicted octanol–water partition coefficient (Wildman–Crippen LogP) is 3.81. The zero-order chi connectivity index (χ0) is 14.7. The molecule has 0 radical (unpaired) electrons. The van der Waals surface area contributed by atoms with Crippen LogP contribution < -0.4 is 4.90 Å². The molecule has 108 valence electrons. The molecule has 0 spiro atoms. The summed E-state index contributed by atoms with van der Waals surface area (Å²) in [7, 11) is 0. The highest BCUT2D eigenvalue weighted by Gasteiger charge is 2.29. The number of rotatable bonds is 3. The van der Waals surface area contributed by atoms with Crippen LogP contribution in [-0.4, -0.2) is 12.5 Å². The minimum Gasteiger partial charge on any atom is -0.312 e. The summed E-state index contributed by atoms with van der Waals surface area (Å²) in [5, 5.41) is 0. The highest BCUT2D eigenvalue weighted by molar-refractivity contribution is 5.95. The minimum atomic E-state index is -0.274. The van der Waals surface area contributed by atoms with Gasteiger partial charge < -0.3 is 4.90 Å². The van der Waals surface area contributed by atoms with Gasteiger partial charge in [0.05, 0.1) is 0 Å². The Labute approximate surface area is 124 Å². The number of amides is 1. The molecule has 1 saturated heterocycles. The number of hydrogen-bond acceptors (Lipinski definition) is 1. The number of hydrogen-bond donors (Lipinski definition) is 0. The highest BCUT2D eigenvalue weighted by atomic mass is 19.1. The van der Waals surface area contributed by atoms with E-state index in [1.807, 2.05) is 18.2 Å². The Morgan fingerprint density at radius 3 is 2.48 bits per heavy atom. The van der Waals surface area contributed by atoms with Gasteiger partial charge in [0.15, 0.2) is 0 Å². The molecular formula is C18H18FNO. The first-order valence-corrected chi connectivity index (χ1v) is 7.35. The molecule has 0 saturated carbocycles. The Hall–Kier alpha value is -2.16. The number of carbonyl (C=O) groups is 1. The molecule has 21 heavy (non-hydrogen) atoms. The third-order valence-electron chi connectivity index (χ3n) is 4.01. The summed E-state index contributed by atoms with van der Waals surface area (Å²) < 4.78 is 13.0. The van der Waals surface area contributed by atoms with Crippen molar-refractivity contribution in [2.24, 2.45) is 5.92 Å². The molecule has 2 nitrogen and oxygen atoms in total. The van der Waals surface area contributed by atoms with Gasteiger partial charge in [0.25, 0.3) is 0 Å². The standard InChI is InChI=1S/C18H18FNO/c19-16-8-10-17(11-9-16)20-12-4-7-15(18(20)21)13-14-5-2-1-3-6-14/h1-3,5-6,8-11,15H,4,7,12-13H2/t15-/m1/s1. The lowest BCUT2D eigenvalue weighted by molar-refractivity contribution is -0.123. The summed E-state index contributed by atoms with van der Waals surface area (Å²) in [5.74, 6) is -0.105. The van der Waals surface area contributed by atoms with Gasteiger partial charge in [-0.1, -0.05) is 30.3 Å². The first-order chi connectivity index (χ1) is 10.2. The Morgan fingerprint density at radius 2 is 1.76 bits per heavy atom. The van der Waals surface area contributed by atoms with Gasteiger partial charge in [-0.3, -0.25) is 4.79 Å². The molecular weight excluding hydrogens is 265 g/mol. The fraction of sp³-hybridized carbons (Fsp3) is 0.278. The second-order valence-corrected chi connectivity index (χ2v) is 5.50. The minimum absolute atomic E-state index is 0.0196. The van der Waals surface area contributed by atoms with Crippen LogP contribution in [0.1, 0.15) is 18.4 Å². The molecule has 1 aliphatic heterocycles. The van der Waals surface area contributed by atoms with Crippen molar-refractivity contribution in [3.05, 3.63) is 66.0 Å². The number of anilines is 1. The van der Waals surface area contributed by atoms with Crippen molar-refractivity contribution in [1.29, 1.82) is 0 Å². The first kappa shape index (κ1) is 13.8. The third-order valence-corrected chi connectivity index (χ3v) is 4.01. The Kier molecular flexibility index (Phi) is 4.00. The fourth-order valence-corrected chi connectivity index (χ4v) is 2.92. The second kappa shape index (κ2) is 6.08. The van der Waals surface area contributed by atoms with Crippen LogP contribution in [-0.2, 0) is 11.2 Å². The van der Waals surface area contributed by atoms with E-state index in [1.165, 1.54) is 17.7 Å². The molecule has 2 aromatic carbocycles. The molecule has 1 atom stereocenters. The number of nitrogens with zero attached hydrogens (tertiary/aromatic N) is 1. The van der Waals surface area contributed by atoms with Gasteiger partial charge >= 0.3 is 0 Å². The van der Waals surface area contributed by atoms with Crippen molar-refractivity contribution in [2.45, 2.75) is 19.3 Å². The normalized spacial score (nSPS) is 18.8. The maximum absolute atomic E-state index is 13.0. The van der Waals surface area contributed by atoms with Gasteiger partial charge in [0.2, 0.25) is 5.91 Å². The molecule has 1 aliphatic rings. The molecule has 0 aromatic heterocycles. The highest BCUT2D eigenvalue weighted by Crippen LogP contribution is 2.26. The van der Waals surface area contributed by atoms with Crippen LogP contribution in [0.3, 0.4) is 0 Å². The topological polar surface area (TPSA) is 20.3 Å². The second-order valence-electron chi connectivity index (χ2n) is 5.50. The first-order valence-electron chi connectivity index (χ1n) is 7.35. The smallest absolute Gasteiger partial charge is 0.230 e. The van der Waals surface area contributed by atoms with Crippen LogP contribution >= 0.6 is 0 Å². The molecule has 1 amide bonds. The summed E-state index contributed by atoms with van der Waals surface area (Å²) in [6.45, 7) is 0.718. The summed E-state index contributed by atoms with van der Waals surface area (Å²) in [5.41, 5.74) is 1.98. The van der Waals surface area contributed by atoms with Crippen LogP contribution in [0.5, 0.6) is 0 Å². The summed E-state index contributed by atoms with van der Waals surface area (Å²) in [4.78, 5) is 14.4. The predicted molar refractivity (Wildman–Crippen MR) is 81.6 cm³/mol. The lowest BCUT2D eigenvalue weighted by Crippen LogP contribution is -2.42. The van der Waals surface area contributed by atoms with Gasteiger partial charge in [-0.05, 0) is 49.1 Å². The van der Waals surface area contributed by atoms with Crippen molar-refractivity contribution in [2.75, 3.05) is 11.4 Å². The maximum Gasteiger partial charge on any atom is 0.230 e. The van der Waals surface area contributed by atoms with Gasteiger partial charge in [-0.25, -0.2) is 4.39 Å². The molecule has 0 aliphatic carbocycles. The van der Waals surface area contributed by atoms with E-state index in [-0.39, 0.29) is 17.6 Å². The molecule has 1 fully saturated rings. The molecule has 3 rings (SSSR count). The molecule has 0 unspecified atom stereocenters. The van der Waals surface area contributed by atoms with Gasteiger partial charge in [-0.15, -0.1) is 0 Å². The quantitative estimate of drug-likeness (QED) is 0.838. The van der Waals surface area contributed by atoms with Crippen molar-refractivity contribution in [1.82, 2.24) is 0 Å². The van der Waals surface area contributed by atoms with Gasteiger partial charge in [-0.2, -0.15) is 0 Å². The Bertz CT molecular complexity index is 609. The molecule has 1 heterocycles. The lowest BCUT2D eigenvalue weighted by Gasteiger charge is -2.32. The van der Waals surface area contributed by atoms with Crippen molar-refractivity contribution >= 4 is 11.6 Å². The van der Waals surface area contributed by atoms with E-state index in [0.717, 1.165) is 31.5 Å². The van der Waals surface area contributed by atoms with Crippen LogP contribution in [0.15, 0.2) is 54.6 Å². The van der Waals surface area contributed by atoms with E-state index in [1.54, 1.807) is 17.0 Å². The number of carbonyl (C=O) groups excluding carboxylic acids is 1. The van der Waals surface area contributed by atoms with Crippen LogP contribution in [0.4, 0.5) is 10.1 Å². The van der Waals surface area contributed by atoms with Crippen molar-refractivity contribution in [3.63, 3.8) is 0 Å². The number of benzene rings is 2.